The largest absolute Gasteiger partial charge is 0.329 e. The Bertz CT molecular complexity index is 1040. The summed E-state index contributed by atoms with van der Waals surface area (Å²) in [5, 5.41) is 19.8. The van der Waals surface area contributed by atoms with Gasteiger partial charge in [-0.3, -0.25) is 9.48 Å². The van der Waals surface area contributed by atoms with Gasteiger partial charge in [0, 0.05) is 7.05 Å². The molecule has 154 valence electrons. The Kier molecular flexibility index (Phi) is 6.50. The molecular weight excluding hydrogens is 428 g/mol. The van der Waals surface area contributed by atoms with Crippen LogP contribution in [0.25, 0.3) is 0 Å². The number of carbonyl (C=O) groups excluding carboxylic acids is 1. The SMILES string of the molecule is Cc1cc(C)c(Nc2nnc(S[C@H](C)C(=O)Nc3c(C)nn(C)c3C)s2)c(Cl)c1. The fourth-order valence-corrected chi connectivity index (χ4v) is 5.14. The van der Waals surface area contributed by atoms with E-state index in [2.05, 4.69) is 32.0 Å². The second kappa shape index (κ2) is 8.73. The zero-order valence-electron chi connectivity index (χ0n) is 17.1. The Morgan fingerprint density at radius 1 is 1.21 bits per heavy atom. The van der Waals surface area contributed by atoms with Crippen LogP contribution in [0.5, 0.6) is 0 Å². The molecule has 2 heterocycles. The second-order valence-electron chi connectivity index (χ2n) is 6.86. The monoisotopic (exact) mass is 450 g/mol. The van der Waals surface area contributed by atoms with Crippen molar-refractivity contribution in [3.8, 4) is 0 Å². The first kappa shape index (κ1) is 21.6. The number of hydrogen-bond acceptors (Lipinski definition) is 7. The molecule has 1 atom stereocenters. The highest BCUT2D eigenvalue weighted by Gasteiger charge is 2.20. The Hall–Kier alpha value is -2.10. The average molecular weight is 451 g/mol. The first-order valence-corrected chi connectivity index (χ1v) is 11.1. The molecule has 3 rings (SSSR count). The van der Waals surface area contributed by atoms with E-state index in [4.69, 9.17) is 11.6 Å². The molecule has 0 saturated carbocycles. The van der Waals surface area contributed by atoms with E-state index in [0.29, 0.717) is 14.5 Å². The van der Waals surface area contributed by atoms with E-state index in [1.165, 1.54) is 23.1 Å². The van der Waals surface area contributed by atoms with Crippen molar-refractivity contribution < 1.29 is 4.79 Å². The van der Waals surface area contributed by atoms with Crippen LogP contribution >= 0.6 is 34.7 Å². The molecule has 0 fully saturated rings. The van der Waals surface area contributed by atoms with Gasteiger partial charge >= 0.3 is 0 Å². The van der Waals surface area contributed by atoms with Crippen LogP contribution in [0.3, 0.4) is 0 Å². The normalized spacial score (nSPS) is 12.1. The highest BCUT2D eigenvalue weighted by molar-refractivity contribution is 8.02. The summed E-state index contributed by atoms with van der Waals surface area (Å²) in [7, 11) is 1.86. The lowest BCUT2D eigenvalue weighted by Gasteiger charge is -2.11. The van der Waals surface area contributed by atoms with Gasteiger partial charge in [0.25, 0.3) is 0 Å². The maximum absolute atomic E-state index is 12.6. The molecule has 1 aromatic carbocycles. The van der Waals surface area contributed by atoms with Crippen LogP contribution in [0.4, 0.5) is 16.5 Å². The highest BCUT2D eigenvalue weighted by atomic mass is 35.5. The van der Waals surface area contributed by atoms with Crippen LogP contribution in [0.1, 0.15) is 29.4 Å². The molecule has 1 amide bonds. The summed E-state index contributed by atoms with van der Waals surface area (Å²) in [5.74, 6) is -0.101. The molecule has 0 spiro atoms. The van der Waals surface area contributed by atoms with E-state index in [0.717, 1.165) is 33.9 Å². The molecule has 0 unspecified atom stereocenters. The van der Waals surface area contributed by atoms with E-state index >= 15 is 0 Å². The van der Waals surface area contributed by atoms with E-state index in [-0.39, 0.29) is 11.2 Å². The number of hydrogen-bond donors (Lipinski definition) is 2. The molecule has 0 bridgehead atoms. The van der Waals surface area contributed by atoms with Gasteiger partial charge < -0.3 is 10.6 Å². The molecular formula is C19H23ClN6OS2. The Balaban J connectivity index is 1.66. The van der Waals surface area contributed by atoms with Gasteiger partial charge in [0.05, 0.1) is 33.0 Å². The summed E-state index contributed by atoms with van der Waals surface area (Å²) in [6.07, 6.45) is 0. The summed E-state index contributed by atoms with van der Waals surface area (Å²) in [5.41, 5.74) is 5.43. The number of anilines is 3. The van der Waals surface area contributed by atoms with Crippen molar-refractivity contribution in [3.05, 3.63) is 39.7 Å². The van der Waals surface area contributed by atoms with Gasteiger partial charge in [-0.2, -0.15) is 5.10 Å². The first-order chi connectivity index (χ1) is 13.7. The van der Waals surface area contributed by atoms with Gasteiger partial charge in [-0.25, -0.2) is 0 Å². The molecule has 2 N–H and O–H groups in total. The molecule has 0 aliphatic carbocycles. The number of aromatic nitrogens is 4. The lowest BCUT2D eigenvalue weighted by atomic mass is 10.1. The topological polar surface area (TPSA) is 84.7 Å². The van der Waals surface area contributed by atoms with Crippen molar-refractivity contribution in [2.75, 3.05) is 10.6 Å². The summed E-state index contributed by atoms with van der Waals surface area (Å²) in [4.78, 5) is 12.6. The minimum Gasteiger partial charge on any atom is -0.329 e. The maximum atomic E-state index is 12.6. The predicted octanol–water partition coefficient (Wildman–Crippen LogP) is 5.02. The number of carbonyl (C=O) groups is 1. The Labute approximate surface area is 183 Å². The van der Waals surface area contributed by atoms with E-state index in [1.807, 2.05) is 47.7 Å². The quantitative estimate of drug-likeness (QED) is 0.513. The van der Waals surface area contributed by atoms with Crippen molar-refractivity contribution in [3.63, 3.8) is 0 Å². The standard InChI is InChI=1S/C19H23ClN6OS2/c1-9-7-10(2)15(14(20)8-9)22-18-23-24-19(29-18)28-13(5)17(27)21-16-11(3)25-26(6)12(16)4/h7-8,13H,1-6H3,(H,21,27)(H,22,23)/t13-/m1/s1. The van der Waals surface area contributed by atoms with Crippen molar-refractivity contribution in [2.24, 2.45) is 7.05 Å². The molecule has 2 aromatic heterocycles. The van der Waals surface area contributed by atoms with Crippen LogP contribution in [0, 0.1) is 27.7 Å². The van der Waals surface area contributed by atoms with Crippen molar-refractivity contribution >= 4 is 57.1 Å². The minimum absolute atomic E-state index is 0.101. The third-order valence-electron chi connectivity index (χ3n) is 4.47. The van der Waals surface area contributed by atoms with Gasteiger partial charge in [-0.1, -0.05) is 40.8 Å². The molecule has 0 aliphatic rings. The Morgan fingerprint density at radius 2 is 1.93 bits per heavy atom. The van der Waals surface area contributed by atoms with Crippen molar-refractivity contribution in [1.82, 2.24) is 20.0 Å². The maximum Gasteiger partial charge on any atom is 0.237 e. The van der Waals surface area contributed by atoms with Crippen LogP contribution in [0.15, 0.2) is 16.5 Å². The second-order valence-corrected chi connectivity index (χ2v) is 9.83. The van der Waals surface area contributed by atoms with Gasteiger partial charge in [0.15, 0.2) is 4.34 Å². The molecule has 0 radical (unpaired) electrons. The van der Waals surface area contributed by atoms with E-state index in [1.54, 1.807) is 4.68 Å². The summed E-state index contributed by atoms with van der Waals surface area (Å²) >= 11 is 9.10. The number of rotatable bonds is 6. The van der Waals surface area contributed by atoms with Crippen LogP contribution < -0.4 is 10.6 Å². The fourth-order valence-electron chi connectivity index (χ4n) is 2.87. The number of amides is 1. The summed E-state index contributed by atoms with van der Waals surface area (Å²) in [6, 6.07) is 3.96. The van der Waals surface area contributed by atoms with E-state index < -0.39 is 0 Å². The number of thioether (sulfide) groups is 1. The van der Waals surface area contributed by atoms with Gasteiger partial charge in [0.1, 0.15) is 0 Å². The van der Waals surface area contributed by atoms with Crippen LogP contribution in [-0.2, 0) is 11.8 Å². The average Bonchev–Trinajstić information content (AvgIpc) is 3.17. The number of aryl methyl sites for hydroxylation is 4. The lowest BCUT2D eigenvalue weighted by Crippen LogP contribution is -2.23. The third kappa shape index (κ3) is 4.91. The summed E-state index contributed by atoms with van der Waals surface area (Å²) in [6.45, 7) is 9.64. The van der Waals surface area contributed by atoms with Crippen molar-refractivity contribution in [2.45, 2.75) is 44.2 Å². The molecule has 7 nitrogen and oxygen atoms in total. The minimum atomic E-state index is -0.334. The number of nitrogens with one attached hydrogen (secondary N) is 2. The van der Waals surface area contributed by atoms with Gasteiger partial charge in [-0.15, -0.1) is 10.2 Å². The molecule has 3 aromatic rings. The lowest BCUT2D eigenvalue weighted by molar-refractivity contribution is -0.115. The zero-order chi connectivity index (χ0) is 21.3. The number of benzene rings is 1. The molecule has 0 saturated heterocycles. The number of nitrogens with zero attached hydrogens (tertiary/aromatic N) is 4. The van der Waals surface area contributed by atoms with Gasteiger partial charge in [0.2, 0.25) is 11.0 Å². The third-order valence-corrected chi connectivity index (χ3v) is 6.80. The van der Waals surface area contributed by atoms with E-state index in [9.17, 15) is 4.79 Å². The molecule has 10 heteroatoms. The van der Waals surface area contributed by atoms with Crippen LogP contribution in [-0.4, -0.2) is 31.1 Å². The van der Waals surface area contributed by atoms with Gasteiger partial charge in [-0.05, 0) is 51.8 Å². The first-order valence-electron chi connectivity index (χ1n) is 9.00. The summed E-state index contributed by atoms with van der Waals surface area (Å²) < 4.78 is 2.46. The Morgan fingerprint density at radius 3 is 2.55 bits per heavy atom. The predicted molar refractivity (Wildman–Crippen MR) is 121 cm³/mol. The smallest absolute Gasteiger partial charge is 0.237 e. The fraction of sp³-hybridized carbons (Fsp3) is 0.368. The zero-order valence-corrected chi connectivity index (χ0v) is 19.5. The highest BCUT2D eigenvalue weighted by Crippen LogP contribution is 2.34. The van der Waals surface area contributed by atoms with Crippen molar-refractivity contribution in [1.29, 1.82) is 0 Å². The molecule has 0 aliphatic heterocycles. The van der Waals surface area contributed by atoms with Crippen LogP contribution in [0.2, 0.25) is 5.02 Å². The number of halogens is 1. The molecule has 29 heavy (non-hydrogen) atoms.